The first-order valence-corrected chi connectivity index (χ1v) is 7.61. The van der Waals surface area contributed by atoms with E-state index >= 15 is 0 Å². The average Bonchev–Trinajstić information content (AvgIpc) is 2.12. The molecule has 0 saturated heterocycles. The number of hydrogen-bond acceptors (Lipinski definition) is 2. The highest BCUT2D eigenvalue weighted by atomic mass is 32.2. The van der Waals surface area contributed by atoms with Crippen LogP contribution in [0.1, 0.15) is 46.5 Å². The van der Waals surface area contributed by atoms with Crippen LogP contribution in [0.4, 0.5) is 0 Å². The summed E-state index contributed by atoms with van der Waals surface area (Å²) in [5.41, 5.74) is 0. The lowest BCUT2D eigenvalue weighted by Gasteiger charge is -2.34. The summed E-state index contributed by atoms with van der Waals surface area (Å²) in [7, 11) is -3.04. The molecule has 0 aromatic rings. The molecule has 1 fully saturated rings. The van der Waals surface area contributed by atoms with Crippen molar-refractivity contribution in [2.75, 3.05) is 5.75 Å². The summed E-state index contributed by atoms with van der Waals surface area (Å²) >= 11 is 0. The fraction of sp³-hybridized carbons (Fsp3) is 1.00. The lowest BCUT2D eigenvalue weighted by atomic mass is 9.78. The summed E-state index contributed by atoms with van der Waals surface area (Å²) in [6, 6.07) is 0.158. The summed E-state index contributed by atoms with van der Waals surface area (Å²) in [5.74, 6) is 1.35. The first-order chi connectivity index (χ1) is 6.96. The van der Waals surface area contributed by atoms with E-state index < -0.39 is 10.0 Å². The molecule has 1 N–H and O–H groups in total. The van der Waals surface area contributed by atoms with E-state index in [0.717, 1.165) is 12.8 Å². The van der Waals surface area contributed by atoms with Crippen LogP contribution in [0.3, 0.4) is 0 Å². The molecule has 3 atom stereocenters. The highest BCUT2D eigenvalue weighted by molar-refractivity contribution is 7.89. The van der Waals surface area contributed by atoms with Crippen LogP contribution in [0.2, 0.25) is 0 Å². The number of rotatable bonds is 4. The Bertz CT molecular complexity index is 287. The third-order valence-electron chi connectivity index (χ3n) is 3.51. The van der Waals surface area contributed by atoms with E-state index in [1.54, 1.807) is 0 Å². The van der Waals surface area contributed by atoms with E-state index in [9.17, 15) is 8.42 Å². The minimum atomic E-state index is -3.04. The zero-order valence-corrected chi connectivity index (χ0v) is 10.8. The lowest BCUT2D eigenvalue weighted by molar-refractivity contribution is 0.227. The Kier molecular flexibility index (Phi) is 4.59. The molecule has 3 nitrogen and oxygen atoms in total. The van der Waals surface area contributed by atoms with Crippen molar-refractivity contribution < 1.29 is 8.42 Å². The van der Waals surface area contributed by atoms with Crippen molar-refractivity contribution in [3.05, 3.63) is 0 Å². The Balaban J connectivity index is 2.57. The van der Waals surface area contributed by atoms with Gasteiger partial charge in [-0.05, 0) is 24.7 Å². The molecule has 15 heavy (non-hydrogen) atoms. The highest BCUT2D eigenvalue weighted by Crippen LogP contribution is 2.29. The Labute approximate surface area is 93.7 Å². The van der Waals surface area contributed by atoms with Gasteiger partial charge in [0.05, 0.1) is 5.75 Å². The van der Waals surface area contributed by atoms with E-state index in [0.29, 0.717) is 18.3 Å². The van der Waals surface area contributed by atoms with Gasteiger partial charge in [-0.1, -0.05) is 33.6 Å². The third kappa shape index (κ3) is 3.76. The first kappa shape index (κ1) is 13.0. The molecule has 0 radical (unpaired) electrons. The van der Waals surface area contributed by atoms with Crippen LogP contribution >= 0.6 is 0 Å². The molecule has 1 aliphatic rings. The van der Waals surface area contributed by atoms with Gasteiger partial charge < -0.3 is 0 Å². The van der Waals surface area contributed by atoms with E-state index in [4.69, 9.17) is 0 Å². The maximum atomic E-state index is 11.6. The SMILES string of the molecule is CCCS(=O)(=O)N[C@@H]1CCC[C@H](C)[C@H]1C. The lowest BCUT2D eigenvalue weighted by Crippen LogP contribution is -2.44. The van der Waals surface area contributed by atoms with Crippen LogP contribution in [0.15, 0.2) is 0 Å². The monoisotopic (exact) mass is 233 g/mol. The minimum absolute atomic E-state index is 0.158. The number of hydrogen-bond donors (Lipinski definition) is 1. The molecule has 0 spiro atoms. The summed E-state index contributed by atoms with van der Waals surface area (Å²) in [6.07, 6.45) is 4.05. The molecule has 0 aromatic carbocycles. The molecule has 1 aliphatic carbocycles. The van der Waals surface area contributed by atoms with Gasteiger partial charge in [0.15, 0.2) is 0 Å². The molecule has 0 amide bonds. The largest absolute Gasteiger partial charge is 0.212 e. The van der Waals surface area contributed by atoms with Gasteiger partial charge in [0, 0.05) is 6.04 Å². The van der Waals surface area contributed by atoms with Crippen molar-refractivity contribution in [2.45, 2.75) is 52.5 Å². The van der Waals surface area contributed by atoms with Gasteiger partial charge in [-0.25, -0.2) is 13.1 Å². The van der Waals surface area contributed by atoms with Crippen molar-refractivity contribution in [3.63, 3.8) is 0 Å². The van der Waals surface area contributed by atoms with Crippen molar-refractivity contribution in [2.24, 2.45) is 11.8 Å². The summed E-state index contributed by atoms with van der Waals surface area (Å²) in [5, 5.41) is 0. The van der Waals surface area contributed by atoms with E-state index in [2.05, 4.69) is 18.6 Å². The van der Waals surface area contributed by atoms with Gasteiger partial charge in [0.25, 0.3) is 0 Å². The van der Waals surface area contributed by atoms with Crippen molar-refractivity contribution in [1.29, 1.82) is 0 Å². The predicted octanol–water partition coefficient (Wildman–Crippen LogP) is 2.14. The van der Waals surface area contributed by atoms with Gasteiger partial charge >= 0.3 is 0 Å². The van der Waals surface area contributed by atoms with Crippen molar-refractivity contribution in [3.8, 4) is 0 Å². The van der Waals surface area contributed by atoms with Crippen LogP contribution in [0.5, 0.6) is 0 Å². The summed E-state index contributed by atoms with van der Waals surface area (Å²) in [6.45, 7) is 6.26. The quantitative estimate of drug-likeness (QED) is 0.808. The molecular formula is C11H23NO2S. The summed E-state index contributed by atoms with van der Waals surface area (Å²) < 4.78 is 26.1. The standard InChI is InChI=1S/C11H23NO2S/c1-4-8-15(13,14)12-11-7-5-6-9(2)10(11)3/h9-12H,4-8H2,1-3H3/t9-,10+,11+/m0/s1. The third-order valence-corrected chi connectivity index (χ3v) is 5.12. The molecule has 0 unspecified atom stereocenters. The number of sulfonamides is 1. The van der Waals surface area contributed by atoms with Crippen LogP contribution < -0.4 is 4.72 Å². The van der Waals surface area contributed by atoms with Gasteiger partial charge in [-0.3, -0.25) is 0 Å². The average molecular weight is 233 g/mol. The number of nitrogens with one attached hydrogen (secondary N) is 1. The zero-order chi connectivity index (χ0) is 11.5. The minimum Gasteiger partial charge on any atom is -0.212 e. The topological polar surface area (TPSA) is 46.2 Å². The van der Waals surface area contributed by atoms with E-state index in [-0.39, 0.29) is 11.8 Å². The second-order valence-corrected chi connectivity index (χ2v) is 6.68. The molecule has 0 heterocycles. The van der Waals surface area contributed by atoms with Crippen molar-refractivity contribution in [1.82, 2.24) is 4.72 Å². The predicted molar refractivity (Wildman–Crippen MR) is 63.2 cm³/mol. The van der Waals surface area contributed by atoms with Crippen LogP contribution in [0.25, 0.3) is 0 Å². The normalized spacial score (nSPS) is 32.9. The molecule has 1 rings (SSSR count). The molecule has 4 heteroatoms. The highest BCUT2D eigenvalue weighted by Gasteiger charge is 2.29. The Morgan fingerprint density at radius 3 is 2.53 bits per heavy atom. The molecule has 0 aromatic heterocycles. The van der Waals surface area contributed by atoms with E-state index in [1.165, 1.54) is 6.42 Å². The Morgan fingerprint density at radius 2 is 1.93 bits per heavy atom. The maximum absolute atomic E-state index is 11.6. The van der Waals surface area contributed by atoms with Crippen LogP contribution in [-0.2, 0) is 10.0 Å². The second kappa shape index (κ2) is 5.30. The van der Waals surface area contributed by atoms with Crippen molar-refractivity contribution >= 4 is 10.0 Å². The van der Waals surface area contributed by atoms with Gasteiger partial charge in [-0.15, -0.1) is 0 Å². The van der Waals surface area contributed by atoms with E-state index in [1.807, 2.05) is 6.92 Å². The fourth-order valence-corrected chi connectivity index (χ4v) is 3.76. The van der Waals surface area contributed by atoms with Gasteiger partial charge in [-0.2, -0.15) is 0 Å². The van der Waals surface area contributed by atoms with Gasteiger partial charge in [0.2, 0.25) is 10.0 Å². The van der Waals surface area contributed by atoms with Crippen LogP contribution in [-0.4, -0.2) is 20.2 Å². The molecule has 0 bridgehead atoms. The molecule has 90 valence electrons. The van der Waals surface area contributed by atoms with Gasteiger partial charge in [0.1, 0.15) is 0 Å². The second-order valence-electron chi connectivity index (χ2n) is 4.81. The molecule has 1 saturated carbocycles. The maximum Gasteiger partial charge on any atom is 0.211 e. The smallest absolute Gasteiger partial charge is 0.211 e. The summed E-state index contributed by atoms with van der Waals surface area (Å²) in [4.78, 5) is 0. The first-order valence-electron chi connectivity index (χ1n) is 5.96. The zero-order valence-electron chi connectivity index (χ0n) is 9.99. The Hall–Kier alpha value is -0.0900. The molecular weight excluding hydrogens is 210 g/mol. The molecule has 0 aliphatic heterocycles. The fourth-order valence-electron chi connectivity index (χ4n) is 2.31. The van der Waals surface area contributed by atoms with Crippen LogP contribution in [0, 0.1) is 11.8 Å². The Morgan fingerprint density at radius 1 is 1.27 bits per heavy atom.